The molecule has 2 aromatic heterocycles. The van der Waals surface area contributed by atoms with E-state index in [1.54, 1.807) is 36.4 Å². The van der Waals surface area contributed by atoms with E-state index in [1.807, 2.05) is 6.07 Å². The highest BCUT2D eigenvalue weighted by Crippen LogP contribution is 2.23. The first kappa shape index (κ1) is 16.1. The van der Waals surface area contributed by atoms with Gasteiger partial charge in [-0.1, -0.05) is 11.8 Å². The summed E-state index contributed by atoms with van der Waals surface area (Å²) in [7, 11) is 0. The highest BCUT2D eigenvalue weighted by atomic mass is 32.2. The molecule has 0 aliphatic rings. The number of hydrogen-bond acceptors (Lipinski definition) is 8. The van der Waals surface area contributed by atoms with Gasteiger partial charge < -0.3 is 18.7 Å². The van der Waals surface area contributed by atoms with Gasteiger partial charge in [0.2, 0.25) is 0 Å². The third kappa shape index (κ3) is 4.16. The van der Waals surface area contributed by atoms with Crippen LogP contribution in [0.5, 0.6) is 5.75 Å². The first-order valence-corrected chi connectivity index (χ1v) is 8.04. The highest BCUT2D eigenvalue weighted by Gasteiger charge is 2.13. The molecule has 1 unspecified atom stereocenters. The van der Waals surface area contributed by atoms with E-state index < -0.39 is 6.10 Å². The maximum absolute atomic E-state index is 9.96. The summed E-state index contributed by atoms with van der Waals surface area (Å²) in [5.74, 6) is 1.73. The third-order valence-electron chi connectivity index (χ3n) is 2.96. The molecule has 0 saturated heterocycles. The average molecular weight is 343 g/mol. The molecule has 0 aliphatic heterocycles. The first-order chi connectivity index (χ1) is 11.7. The molecule has 0 spiro atoms. The fourth-order valence-corrected chi connectivity index (χ4v) is 2.47. The molecule has 122 valence electrons. The van der Waals surface area contributed by atoms with Crippen LogP contribution in [0.3, 0.4) is 0 Å². The van der Waals surface area contributed by atoms with Gasteiger partial charge in [-0.05, 0) is 36.4 Å². The van der Waals surface area contributed by atoms with Crippen molar-refractivity contribution in [3.8, 4) is 23.5 Å². The molecule has 0 fully saturated rings. The summed E-state index contributed by atoms with van der Waals surface area (Å²) in [4.78, 5) is 0. The van der Waals surface area contributed by atoms with Crippen LogP contribution in [0.2, 0.25) is 0 Å². The number of aromatic nitrogens is 2. The number of hydrogen-bond donors (Lipinski definition) is 1. The summed E-state index contributed by atoms with van der Waals surface area (Å²) in [6.45, 7) is 0.123. The van der Waals surface area contributed by atoms with Crippen LogP contribution in [-0.2, 0) is 0 Å². The Morgan fingerprint density at radius 3 is 2.79 bits per heavy atom. The van der Waals surface area contributed by atoms with Gasteiger partial charge in [0, 0.05) is 5.75 Å². The minimum Gasteiger partial charge on any atom is -0.491 e. The summed E-state index contributed by atoms with van der Waals surface area (Å²) in [6.07, 6.45) is 0.820. The van der Waals surface area contributed by atoms with Crippen molar-refractivity contribution in [3.05, 3.63) is 48.2 Å². The van der Waals surface area contributed by atoms with E-state index in [2.05, 4.69) is 10.2 Å². The number of aliphatic hydroxyl groups excluding tert-OH is 1. The van der Waals surface area contributed by atoms with E-state index in [0.717, 1.165) is 0 Å². The molecule has 0 bridgehead atoms. The Bertz CT molecular complexity index is 809. The quantitative estimate of drug-likeness (QED) is 0.653. The van der Waals surface area contributed by atoms with Gasteiger partial charge >= 0.3 is 0 Å². The van der Waals surface area contributed by atoms with Crippen molar-refractivity contribution in [1.29, 1.82) is 5.26 Å². The highest BCUT2D eigenvalue weighted by molar-refractivity contribution is 7.99. The second-order valence-corrected chi connectivity index (χ2v) is 5.73. The number of rotatable bonds is 7. The zero-order valence-corrected chi connectivity index (χ0v) is 13.3. The summed E-state index contributed by atoms with van der Waals surface area (Å²) >= 11 is 1.23. The van der Waals surface area contributed by atoms with Crippen molar-refractivity contribution in [3.63, 3.8) is 0 Å². The lowest BCUT2D eigenvalue weighted by atomic mass is 10.2. The van der Waals surface area contributed by atoms with Crippen LogP contribution < -0.4 is 4.74 Å². The Labute approximate surface area is 141 Å². The Morgan fingerprint density at radius 1 is 1.25 bits per heavy atom. The number of nitrogens with zero attached hydrogens (tertiary/aromatic N) is 3. The smallest absolute Gasteiger partial charge is 0.284 e. The lowest BCUT2D eigenvalue weighted by Gasteiger charge is -2.10. The van der Waals surface area contributed by atoms with Crippen LogP contribution in [-0.4, -0.2) is 33.8 Å². The summed E-state index contributed by atoms with van der Waals surface area (Å²) in [6, 6.07) is 12.2. The fourth-order valence-electron chi connectivity index (χ4n) is 1.80. The van der Waals surface area contributed by atoms with Crippen molar-refractivity contribution < 1.29 is 18.7 Å². The molecule has 2 heterocycles. The Balaban J connectivity index is 1.45. The SMILES string of the molecule is N#Cc1ccc(OCC(O)CSc2nnc(-c3ccco3)o2)cc1. The lowest BCUT2D eigenvalue weighted by Crippen LogP contribution is -2.20. The third-order valence-corrected chi connectivity index (χ3v) is 3.93. The molecule has 0 radical (unpaired) electrons. The summed E-state index contributed by atoms with van der Waals surface area (Å²) in [5.41, 5.74) is 0.558. The Kier molecular flexibility index (Phi) is 5.15. The fraction of sp³-hybridized carbons (Fsp3) is 0.188. The molecule has 0 amide bonds. The van der Waals surface area contributed by atoms with E-state index in [1.165, 1.54) is 18.0 Å². The normalized spacial score (nSPS) is 11.8. The molecule has 1 atom stereocenters. The van der Waals surface area contributed by atoms with Gasteiger partial charge in [0.15, 0.2) is 5.76 Å². The van der Waals surface area contributed by atoms with Crippen LogP contribution in [0.1, 0.15) is 5.56 Å². The predicted molar refractivity (Wildman–Crippen MR) is 85.4 cm³/mol. The molecular weight excluding hydrogens is 330 g/mol. The molecule has 3 aromatic rings. The van der Waals surface area contributed by atoms with E-state index in [9.17, 15) is 5.11 Å². The zero-order chi connectivity index (χ0) is 16.8. The number of benzene rings is 1. The lowest BCUT2D eigenvalue weighted by molar-refractivity contribution is 0.126. The molecule has 0 aliphatic carbocycles. The predicted octanol–water partition coefficient (Wildman–Crippen LogP) is 2.73. The van der Waals surface area contributed by atoms with Crippen molar-refractivity contribution in [2.24, 2.45) is 0 Å². The molecule has 1 N–H and O–H groups in total. The summed E-state index contributed by atoms with van der Waals surface area (Å²) in [5, 5.41) is 26.8. The van der Waals surface area contributed by atoms with Gasteiger partial charge in [0.1, 0.15) is 12.4 Å². The van der Waals surface area contributed by atoms with Crippen LogP contribution >= 0.6 is 11.8 Å². The van der Waals surface area contributed by atoms with Gasteiger partial charge in [-0.2, -0.15) is 5.26 Å². The number of nitriles is 1. The van der Waals surface area contributed by atoms with Gasteiger partial charge in [0.25, 0.3) is 11.1 Å². The second-order valence-electron chi connectivity index (χ2n) is 4.76. The van der Waals surface area contributed by atoms with E-state index in [4.69, 9.17) is 18.8 Å². The molecule has 7 nitrogen and oxygen atoms in total. The number of furan rings is 1. The maximum Gasteiger partial charge on any atom is 0.284 e. The van der Waals surface area contributed by atoms with Crippen molar-refractivity contribution >= 4 is 11.8 Å². The zero-order valence-electron chi connectivity index (χ0n) is 12.5. The first-order valence-electron chi connectivity index (χ1n) is 7.06. The van der Waals surface area contributed by atoms with E-state index >= 15 is 0 Å². The monoisotopic (exact) mass is 343 g/mol. The average Bonchev–Trinajstić information content (AvgIpc) is 3.29. The van der Waals surface area contributed by atoms with Gasteiger partial charge in [-0.15, -0.1) is 10.2 Å². The number of ether oxygens (including phenoxy) is 1. The molecular formula is C16H13N3O4S. The number of thioether (sulfide) groups is 1. The van der Waals surface area contributed by atoms with Crippen LogP contribution in [0, 0.1) is 11.3 Å². The Hall–Kier alpha value is -2.76. The topological polar surface area (TPSA) is 105 Å². The van der Waals surface area contributed by atoms with Crippen LogP contribution in [0.25, 0.3) is 11.7 Å². The Morgan fingerprint density at radius 2 is 2.08 bits per heavy atom. The van der Waals surface area contributed by atoms with Gasteiger partial charge in [-0.25, -0.2) is 0 Å². The van der Waals surface area contributed by atoms with Crippen molar-refractivity contribution in [2.75, 3.05) is 12.4 Å². The minimum atomic E-state index is -0.704. The van der Waals surface area contributed by atoms with Crippen molar-refractivity contribution in [2.45, 2.75) is 11.3 Å². The molecule has 1 aromatic carbocycles. The standard InChI is InChI=1S/C16H13N3O4S/c17-8-11-3-5-13(6-4-11)22-9-12(20)10-24-16-19-18-15(23-16)14-2-1-7-21-14/h1-7,12,20H,9-10H2. The summed E-state index contributed by atoms with van der Waals surface area (Å²) < 4.78 is 16.1. The largest absolute Gasteiger partial charge is 0.491 e. The maximum atomic E-state index is 9.96. The minimum absolute atomic E-state index is 0.123. The van der Waals surface area contributed by atoms with Crippen molar-refractivity contribution in [1.82, 2.24) is 10.2 Å². The molecule has 8 heteroatoms. The van der Waals surface area contributed by atoms with Gasteiger partial charge in [0.05, 0.1) is 24.0 Å². The number of aliphatic hydroxyl groups is 1. The molecule has 3 rings (SSSR count). The van der Waals surface area contributed by atoms with Gasteiger partial charge in [-0.3, -0.25) is 0 Å². The molecule has 24 heavy (non-hydrogen) atoms. The van der Waals surface area contributed by atoms with Crippen LogP contribution in [0.15, 0.2) is 56.7 Å². The second kappa shape index (κ2) is 7.68. The van der Waals surface area contributed by atoms with E-state index in [0.29, 0.717) is 33.9 Å². The van der Waals surface area contributed by atoms with Crippen LogP contribution in [0.4, 0.5) is 0 Å². The van der Waals surface area contributed by atoms with E-state index in [-0.39, 0.29) is 6.61 Å². The molecule has 0 saturated carbocycles.